The van der Waals surface area contributed by atoms with Crippen LogP contribution in [-0.2, 0) is 19.1 Å². The van der Waals surface area contributed by atoms with E-state index in [1.807, 2.05) is 48.5 Å². The van der Waals surface area contributed by atoms with Gasteiger partial charge in [-0.3, -0.25) is 4.79 Å². The van der Waals surface area contributed by atoms with Gasteiger partial charge >= 0.3 is 5.97 Å². The molecule has 4 rings (SSSR count). The fourth-order valence-electron chi connectivity index (χ4n) is 3.34. The zero-order valence-corrected chi connectivity index (χ0v) is 16.8. The molecule has 1 atom stereocenters. The lowest BCUT2D eigenvalue weighted by Crippen LogP contribution is -2.36. The number of hydrogen-bond acceptors (Lipinski definition) is 6. The number of anilines is 2. The third-order valence-electron chi connectivity index (χ3n) is 5.06. The maximum atomic E-state index is 12.4. The van der Waals surface area contributed by atoms with Crippen LogP contribution in [0.1, 0.15) is 12.5 Å². The molecule has 0 bridgehead atoms. The summed E-state index contributed by atoms with van der Waals surface area (Å²) < 4.78 is 16.3. The molecule has 2 aromatic rings. The zero-order chi connectivity index (χ0) is 20.9. The molecule has 7 nitrogen and oxygen atoms in total. The Morgan fingerprint density at radius 2 is 1.80 bits per heavy atom. The summed E-state index contributed by atoms with van der Waals surface area (Å²) in [7, 11) is 0. The second-order valence-electron chi connectivity index (χ2n) is 7.18. The van der Waals surface area contributed by atoms with E-state index in [0.29, 0.717) is 24.5 Å². The van der Waals surface area contributed by atoms with Crippen LogP contribution in [0, 0.1) is 0 Å². The van der Waals surface area contributed by atoms with Gasteiger partial charge in [-0.1, -0.05) is 18.2 Å². The van der Waals surface area contributed by atoms with Gasteiger partial charge in [0.05, 0.1) is 18.8 Å². The van der Waals surface area contributed by atoms with Crippen molar-refractivity contribution in [1.29, 1.82) is 0 Å². The Labute approximate surface area is 175 Å². The van der Waals surface area contributed by atoms with Crippen LogP contribution >= 0.6 is 0 Å². The van der Waals surface area contributed by atoms with Gasteiger partial charge in [-0.15, -0.1) is 0 Å². The first-order chi connectivity index (χ1) is 14.6. The lowest BCUT2D eigenvalue weighted by molar-refractivity contribution is -0.149. The predicted octanol–water partition coefficient (Wildman–Crippen LogP) is 2.87. The Hall–Kier alpha value is -3.32. The highest BCUT2D eigenvalue weighted by Gasteiger charge is 2.23. The molecular weight excluding hydrogens is 384 g/mol. The van der Waals surface area contributed by atoms with Crippen LogP contribution in [0.5, 0.6) is 5.75 Å². The Morgan fingerprint density at radius 3 is 2.57 bits per heavy atom. The molecule has 2 heterocycles. The van der Waals surface area contributed by atoms with E-state index in [1.165, 1.54) is 0 Å². The van der Waals surface area contributed by atoms with E-state index < -0.39 is 12.1 Å². The fraction of sp³-hybridized carbons (Fsp3) is 0.304. The molecule has 0 aliphatic carbocycles. The number of rotatable bonds is 5. The van der Waals surface area contributed by atoms with E-state index in [1.54, 1.807) is 13.0 Å². The summed E-state index contributed by atoms with van der Waals surface area (Å²) in [5.74, 6) is -0.226. The van der Waals surface area contributed by atoms with E-state index in [0.717, 1.165) is 30.1 Å². The summed E-state index contributed by atoms with van der Waals surface area (Å²) in [6.07, 6.45) is 0.797. The summed E-state index contributed by atoms with van der Waals surface area (Å²) in [4.78, 5) is 27.1. The quantitative estimate of drug-likeness (QED) is 0.767. The number of nitrogens with zero attached hydrogens (tertiary/aromatic N) is 1. The van der Waals surface area contributed by atoms with Crippen LogP contribution in [0.3, 0.4) is 0 Å². The van der Waals surface area contributed by atoms with Crippen LogP contribution in [-0.4, -0.2) is 50.9 Å². The van der Waals surface area contributed by atoms with Crippen LogP contribution in [0.15, 0.2) is 54.1 Å². The smallest absolute Gasteiger partial charge is 0.338 e. The van der Waals surface area contributed by atoms with Crippen molar-refractivity contribution in [2.45, 2.75) is 13.0 Å². The maximum absolute atomic E-state index is 12.4. The highest BCUT2D eigenvalue weighted by molar-refractivity contribution is 5.99. The van der Waals surface area contributed by atoms with Gasteiger partial charge in [0.15, 0.2) is 6.10 Å². The second kappa shape index (κ2) is 9.00. The number of morpholine rings is 1. The average molecular weight is 408 g/mol. The van der Waals surface area contributed by atoms with Crippen molar-refractivity contribution in [1.82, 2.24) is 0 Å². The fourth-order valence-corrected chi connectivity index (χ4v) is 3.34. The van der Waals surface area contributed by atoms with Crippen molar-refractivity contribution in [3.8, 4) is 5.75 Å². The minimum Gasteiger partial charge on any atom is -0.488 e. The van der Waals surface area contributed by atoms with Gasteiger partial charge in [-0.25, -0.2) is 4.79 Å². The van der Waals surface area contributed by atoms with Gasteiger partial charge in [0.1, 0.15) is 12.4 Å². The largest absolute Gasteiger partial charge is 0.488 e. The summed E-state index contributed by atoms with van der Waals surface area (Å²) in [5, 5.41) is 2.79. The molecule has 156 valence electrons. The average Bonchev–Trinajstić information content (AvgIpc) is 2.79. The highest BCUT2D eigenvalue weighted by atomic mass is 16.6. The van der Waals surface area contributed by atoms with E-state index in [-0.39, 0.29) is 12.5 Å². The minimum absolute atomic E-state index is 0.118. The van der Waals surface area contributed by atoms with Crippen LogP contribution in [0.4, 0.5) is 11.4 Å². The number of benzene rings is 2. The number of hydrogen-bond donors (Lipinski definition) is 1. The van der Waals surface area contributed by atoms with Crippen molar-refractivity contribution in [3.05, 3.63) is 59.7 Å². The number of carbonyl (C=O) groups is 2. The maximum Gasteiger partial charge on any atom is 0.338 e. The number of esters is 1. The number of amides is 1. The van der Waals surface area contributed by atoms with Crippen LogP contribution in [0.25, 0.3) is 6.08 Å². The van der Waals surface area contributed by atoms with Gasteiger partial charge in [0.25, 0.3) is 5.91 Å². The first-order valence-corrected chi connectivity index (χ1v) is 9.97. The van der Waals surface area contributed by atoms with Crippen molar-refractivity contribution in [3.63, 3.8) is 0 Å². The Morgan fingerprint density at radius 1 is 1.07 bits per heavy atom. The Kier molecular flexibility index (Phi) is 5.99. The van der Waals surface area contributed by atoms with Crippen molar-refractivity contribution in [2.75, 3.05) is 43.1 Å². The molecule has 0 unspecified atom stereocenters. The van der Waals surface area contributed by atoms with Crippen LogP contribution < -0.4 is 15.0 Å². The number of carbonyl (C=O) groups excluding carboxylic acids is 2. The Bertz CT molecular complexity index is 948. The first kappa shape index (κ1) is 20.0. The monoisotopic (exact) mass is 408 g/mol. The lowest BCUT2D eigenvalue weighted by Gasteiger charge is -2.29. The molecule has 0 aromatic heterocycles. The molecule has 2 aromatic carbocycles. The Balaban J connectivity index is 1.32. The second-order valence-corrected chi connectivity index (χ2v) is 7.18. The lowest BCUT2D eigenvalue weighted by atomic mass is 10.1. The van der Waals surface area contributed by atoms with Gasteiger partial charge in [-0.05, 0) is 43.3 Å². The number of ether oxygens (including phenoxy) is 3. The summed E-state index contributed by atoms with van der Waals surface area (Å²) in [5.41, 5.74) is 2.92. The third kappa shape index (κ3) is 4.63. The van der Waals surface area contributed by atoms with Gasteiger partial charge in [0.2, 0.25) is 0 Å². The van der Waals surface area contributed by atoms with Crippen molar-refractivity contribution >= 4 is 29.3 Å². The number of nitrogens with one attached hydrogen (secondary N) is 1. The molecule has 2 aliphatic heterocycles. The van der Waals surface area contributed by atoms with E-state index in [9.17, 15) is 9.59 Å². The molecule has 1 saturated heterocycles. The highest BCUT2D eigenvalue weighted by Crippen LogP contribution is 2.26. The van der Waals surface area contributed by atoms with Gasteiger partial charge in [0, 0.05) is 30.0 Å². The predicted molar refractivity (Wildman–Crippen MR) is 114 cm³/mol. The number of fused-ring (bicyclic) bond motifs is 1. The molecular formula is C23H24N2O5. The molecule has 1 fully saturated rings. The first-order valence-electron chi connectivity index (χ1n) is 9.97. The topological polar surface area (TPSA) is 77.1 Å². The molecule has 0 spiro atoms. The standard InChI is InChI=1S/C23H24N2O5/c1-16(30-23(27)18-14-17-4-2-3-5-21(17)29-15-18)22(26)24-19-6-8-20(9-7-19)25-10-12-28-13-11-25/h2-9,14,16H,10-13,15H2,1H3,(H,24,26)/t16-/m1/s1. The summed E-state index contributed by atoms with van der Waals surface area (Å²) >= 11 is 0. The SMILES string of the molecule is C[C@@H](OC(=O)C1=Cc2ccccc2OC1)C(=O)Nc1ccc(N2CCOCC2)cc1. The third-order valence-corrected chi connectivity index (χ3v) is 5.06. The van der Waals surface area contributed by atoms with Crippen molar-refractivity contribution < 1.29 is 23.8 Å². The van der Waals surface area contributed by atoms with E-state index in [2.05, 4.69) is 10.2 Å². The normalized spacial score (nSPS) is 16.6. The zero-order valence-electron chi connectivity index (χ0n) is 16.8. The summed E-state index contributed by atoms with van der Waals surface area (Å²) in [6, 6.07) is 15.0. The molecule has 0 radical (unpaired) electrons. The minimum atomic E-state index is -0.936. The van der Waals surface area contributed by atoms with Crippen LogP contribution in [0.2, 0.25) is 0 Å². The molecule has 0 saturated carbocycles. The summed E-state index contributed by atoms with van der Waals surface area (Å²) in [6.45, 7) is 4.80. The molecule has 30 heavy (non-hydrogen) atoms. The molecule has 1 N–H and O–H groups in total. The van der Waals surface area contributed by atoms with Gasteiger partial charge < -0.3 is 24.4 Å². The van der Waals surface area contributed by atoms with Crippen molar-refractivity contribution in [2.24, 2.45) is 0 Å². The molecule has 7 heteroatoms. The van der Waals surface area contributed by atoms with E-state index >= 15 is 0 Å². The molecule has 1 amide bonds. The van der Waals surface area contributed by atoms with Gasteiger partial charge in [-0.2, -0.15) is 0 Å². The molecule has 2 aliphatic rings. The number of para-hydroxylation sites is 1. The van der Waals surface area contributed by atoms with E-state index in [4.69, 9.17) is 14.2 Å².